The van der Waals surface area contributed by atoms with Crippen LogP contribution in [0.3, 0.4) is 0 Å². The zero-order valence-corrected chi connectivity index (χ0v) is 18.6. The molecule has 3 atom stereocenters. The molecule has 0 bridgehead atoms. The molecular weight excluding hydrogens is 402 g/mol. The van der Waals surface area contributed by atoms with Gasteiger partial charge in [0.1, 0.15) is 11.6 Å². The van der Waals surface area contributed by atoms with Gasteiger partial charge in [0.25, 0.3) is 0 Å². The van der Waals surface area contributed by atoms with Crippen molar-refractivity contribution in [2.45, 2.75) is 51.7 Å². The molecule has 1 unspecified atom stereocenters. The maximum atomic E-state index is 14.3. The van der Waals surface area contributed by atoms with Crippen LogP contribution in [-0.2, 0) is 9.53 Å². The van der Waals surface area contributed by atoms with E-state index in [-0.39, 0.29) is 30.0 Å². The van der Waals surface area contributed by atoms with Crippen molar-refractivity contribution in [3.05, 3.63) is 53.4 Å². The zero-order chi connectivity index (χ0) is 22.5. The number of benzene rings is 1. The van der Waals surface area contributed by atoms with Crippen LogP contribution in [0.1, 0.15) is 62.9 Å². The van der Waals surface area contributed by atoms with E-state index in [9.17, 15) is 13.6 Å². The Bertz CT molecular complexity index is 886. The van der Waals surface area contributed by atoms with Gasteiger partial charge in [-0.2, -0.15) is 5.10 Å². The van der Waals surface area contributed by atoms with E-state index < -0.39 is 11.6 Å². The van der Waals surface area contributed by atoms with Crippen LogP contribution in [-0.4, -0.2) is 47.4 Å². The SMILES string of the molecule is CCC(NC[C@@H]1CC(=O)N(CCOC)[C@H]1c1cnn(C(C)C)c1)c1ccc(F)cc1F. The summed E-state index contributed by atoms with van der Waals surface area (Å²) in [6.07, 6.45) is 4.87. The Labute approximate surface area is 182 Å². The van der Waals surface area contributed by atoms with Crippen LogP contribution in [0, 0.1) is 17.6 Å². The average Bonchev–Trinajstić information content (AvgIpc) is 3.32. The lowest BCUT2D eigenvalue weighted by Gasteiger charge is -2.29. The predicted octanol–water partition coefficient (Wildman–Crippen LogP) is 4.02. The number of carbonyl (C=O) groups is 1. The van der Waals surface area contributed by atoms with Gasteiger partial charge in [-0.25, -0.2) is 8.78 Å². The Morgan fingerprint density at radius 2 is 2.10 bits per heavy atom. The Balaban J connectivity index is 1.80. The highest BCUT2D eigenvalue weighted by molar-refractivity contribution is 5.79. The number of halogens is 2. The molecule has 1 saturated heterocycles. The minimum atomic E-state index is -0.589. The van der Waals surface area contributed by atoms with Crippen LogP contribution in [0.15, 0.2) is 30.6 Å². The number of likely N-dealkylation sites (tertiary alicyclic amines) is 1. The monoisotopic (exact) mass is 434 g/mol. The highest BCUT2D eigenvalue weighted by Crippen LogP contribution is 2.38. The lowest BCUT2D eigenvalue weighted by molar-refractivity contribution is -0.129. The maximum Gasteiger partial charge on any atom is 0.223 e. The molecule has 3 rings (SSSR count). The normalized spacial score (nSPS) is 20.1. The van der Waals surface area contributed by atoms with Crippen LogP contribution < -0.4 is 5.32 Å². The van der Waals surface area contributed by atoms with Gasteiger partial charge in [0.15, 0.2) is 0 Å². The molecular formula is C23H32F2N4O2. The molecule has 0 spiro atoms. The number of amides is 1. The molecule has 1 N–H and O–H groups in total. The molecule has 170 valence electrons. The molecule has 0 aliphatic carbocycles. The Morgan fingerprint density at radius 1 is 1.32 bits per heavy atom. The van der Waals surface area contributed by atoms with Gasteiger partial charge in [-0.3, -0.25) is 9.48 Å². The molecule has 0 saturated carbocycles. The first-order valence-corrected chi connectivity index (χ1v) is 10.9. The summed E-state index contributed by atoms with van der Waals surface area (Å²) in [7, 11) is 1.62. The molecule has 1 aliphatic heterocycles. The van der Waals surface area contributed by atoms with Crippen molar-refractivity contribution < 1.29 is 18.3 Å². The van der Waals surface area contributed by atoms with Crippen molar-refractivity contribution in [1.29, 1.82) is 0 Å². The number of rotatable bonds is 10. The zero-order valence-electron chi connectivity index (χ0n) is 18.6. The van der Waals surface area contributed by atoms with E-state index in [0.29, 0.717) is 38.1 Å². The number of methoxy groups -OCH3 is 1. The first-order valence-electron chi connectivity index (χ1n) is 10.9. The van der Waals surface area contributed by atoms with E-state index in [2.05, 4.69) is 24.3 Å². The van der Waals surface area contributed by atoms with Crippen molar-refractivity contribution in [3.63, 3.8) is 0 Å². The third-order valence-electron chi connectivity index (χ3n) is 5.94. The van der Waals surface area contributed by atoms with Gasteiger partial charge in [-0.15, -0.1) is 0 Å². The van der Waals surface area contributed by atoms with E-state index in [1.165, 1.54) is 12.1 Å². The molecule has 31 heavy (non-hydrogen) atoms. The number of hydrogen-bond donors (Lipinski definition) is 1. The van der Waals surface area contributed by atoms with Crippen LogP contribution in [0.5, 0.6) is 0 Å². The molecule has 1 aliphatic rings. The number of ether oxygens (including phenoxy) is 1. The van der Waals surface area contributed by atoms with E-state index >= 15 is 0 Å². The third-order valence-corrected chi connectivity index (χ3v) is 5.94. The average molecular weight is 435 g/mol. The van der Waals surface area contributed by atoms with Gasteiger partial charge < -0.3 is 15.0 Å². The fourth-order valence-corrected chi connectivity index (χ4v) is 4.29. The van der Waals surface area contributed by atoms with E-state index in [4.69, 9.17) is 4.74 Å². The van der Waals surface area contributed by atoms with Crippen LogP contribution in [0.4, 0.5) is 8.78 Å². The Kier molecular flexibility index (Phi) is 7.78. The van der Waals surface area contributed by atoms with Gasteiger partial charge in [0, 0.05) is 68.0 Å². The van der Waals surface area contributed by atoms with E-state index in [1.54, 1.807) is 7.11 Å². The molecule has 1 aromatic carbocycles. The number of nitrogens with zero attached hydrogens (tertiary/aromatic N) is 3. The smallest absolute Gasteiger partial charge is 0.223 e. The first kappa shape index (κ1) is 23.3. The lowest BCUT2D eigenvalue weighted by atomic mass is 9.94. The second-order valence-electron chi connectivity index (χ2n) is 8.37. The largest absolute Gasteiger partial charge is 0.383 e. The van der Waals surface area contributed by atoms with Gasteiger partial charge in [-0.1, -0.05) is 13.0 Å². The van der Waals surface area contributed by atoms with Crippen molar-refractivity contribution in [3.8, 4) is 0 Å². The molecule has 2 heterocycles. The number of carbonyl (C=O) groups excluding carboxylic acids is 1. The molecule has 1 fully saturated rings. The number of nitrogens with one attached hydrogen (secondary N) is 1. The fourth-order valence-electron chi connectivity index (χ4n) is 4.29. The van der Waals surface area contributed by atoms with Gasteiger partial charge in [0.2, 0.25) is 5.91 Å². The predicted molar refractivity (Wildman–Crippen MR) is 114 cm³/mol. The second kappa shape index (κ2) is 10.3. The standard InChI is InChI=1S/C23H32F2N4O2/c1-5-21(19-7-6-18(24)11-20(19)25)26-12-16-10-22(30)28(8-9-31-4)23(16)17-13-27-29(14-17)15(2)3/h6-7,11,13-16,21,23,26H,5,8-10,12H2,1-4H3/t16-,21?,23+/m0/s1. The third kappa shape index (κ3) is 5.30. The van der Waals surface area contributed by atoms with Crippen molar-refractivity contribution in [1.82, 2.24) is 20.0 Å². The van der Waals surface area contributed by atoms with Crippen LogP contribution in [0.25, 0.3) is 0 Å². The summed E-state index contributed by atoms with van der Waals surface area (Å²) in [6.45, 7) is 7.56. The van der Waals surface area contributed by atoms with Gasteiger partial charge in [-0.05, 0) is 26.3 Å². The quantitative estimate of drug-likeness (QED) is 0.614. The Hall–Kier alpha value is -2.32. The summed E-state index contributed by atoms with van der Waals surface area (Å²) in [4.78, 5) is 14.7. The Morgan fingerprint density at radius 3 is 2.71 bits per heavy atom. The van der Waals surface area contributed by atoms with E-state index in [0.717, 1.165) is 11.6 Å². The minimum Gasteiger partial charge on any atom is -0.383 e. The van der Waals surface area contributed by atoms with Crippen molar-refractivity contribution >= 4 is 5.91 Å². The van der Waals surface area contributed by atoms with Gasteiger partial charge >= 0.3 is 0 Å². The van der Waals surface area contributed by atoms with Crippen molar-refractivity contribution in [2.24, 2.45) is 5.92 Å². The summed E-state index contributed by atoms with van der Waals surface area (Å²) >= 11 is 0. The van der Waals surface area contributed by atoms with Crippen LogP contribution >= 0.6 is 0 Å². The highest BCUT2D eigenvalue weighted by atomic mass is 19.1. The molecule has 6 nitrogen and oxygen atoms in total. The fraction of sp³-hybridized carbons (Fsp3) is 0.565. The van der Waals surface area contributed by atoms with E-state index in [1.807, 2.05) is 28.9 Å². The molecule has 8 heteroatoms. The number of hydrogen-bond acceptors (Lipinski definition) is 4. The number of aromatic nitrogens is 2. The lowest BCUT2D eigenvalue weighted by Crippen LogP contribution is -2.34. The molecule has 1 amide bonds. The summed E-state index contributed by atoms with van der Waals surface area (Å²) in [5, 5.41) is 7.87. The van der Waals surface area contributed by atoms with Crippen molar-refractivity contribution in [2.75, 3.05) is 26.8 Å². The molecule has 2 aromatic rings. The minimum absolute atomic E-state index is 0.00623. The highest BCUT2D eigenvalue weighted by Gasteiger charge is 2.41. The molecule has 0 radical (unpaired) electrons. The van der Waals surface area contributed by atoms with Crippen LogP contribution in [0.2, 0.25) is 0 Å². The summed E-state index contributed by atoms with van der Waals surface area (Å²) in [6, 6.07) is 3.51. The van der Waals surface area contributed by atoms with Gasteiger partial charge in [0.05, 0.1) is 18.8 Å². The maximum absolute atomic E-state index is 14.3. The topological polar surface area (TPSA) is 59.4 Å². The summed E-state index contributed by atoms with van der Waals surface area (Å²) < 4.78 is 34.7. The first-order chi connectivity index (χ1) is 14.8. The second-order valence-corrected chi connectivity index (χ2v) is 8.37. The molecule has 1 aromatic heterocycles. The summed E-state index contributed by atoms with van der Waals surface area (Å²) in [5.41, 5.74) is 1.43. The summed E-state index contributed by atoms with van der Waals surface area (Å²) in [5.74, 6) is -1.06.